The summed E-state index contributed by atoms with van der Waals surface area (Å²) in [6, 6.07) is 4.08. The molecule has 2 aromatic heterocycles. The van der Waals surface area contributed by atoms with Gasteiger partial charge in [-0.15, -0.1) is 0 Å². The van der Waals surface area contributed by atoms with Gasteiger partial charge in [-0.3, -0.25) is 0 Å². The minimum absolute atomic E-state index is 0.346. The molecule has 19 heavy (non-hydrogen) atoms. The minimum atomic E-state index is -0.346. The Balaban J connectivity index is 1.93. The van der Waals surface area contributed by atoms with E-state index in [9.17, 15) is 4.79 Å². The molecule has 3 rings (SSSR count). The minimum Gasteiger partial charge on any atom is -0.465 e. The van der Waals surface area contributed by atoms with Crippen molar-refractivity contribution in [3.8, 4) is 0 Å². The zero-order chi connectivity index (χ0) is 13.2. The number of fused-ring (bicyclic) bond motifs is 1. The third-order valence-electron chi connectivity index (χ3n) is 3.56. The van der Waals surface area contributed by atoms with Crippen LogP contribution in [0.2, 0.25) is 0 Å². The molecule has 1 unspecified atom stereocenters. The van der Waals surface area contributed by atoms with Gasteiger partial charge in [0.2, 0.25) is 0 Å². The lowest BCUT2D eigenvalue weighted by Crippen LogP contribution is -2.23. The molecule has 2 aromatic rings. The van der Waals surface area contributed by atoms with Crippen LogP contribution in [0.3, 0.4) is 0 Å². The second-order valence-corrected chi connectivity index (χ2v) is 4.87. The number of nitrogens with zero attached hydrogens (tertiary/aromatic N) is 2. The molecule has 0 bridgehead atoms. The first-order valence-corrected chi connectivity index (χ1v) is 6.56. The van der Waals surface area contributed by atoms with E-state index < -0.39 is 0 Å². The highest BCUT2D eigenvalue weighted by Gasteiger charge is 2.18. The summed E-state index contributed by atoms with van der Waals surface area (Å²) in [5.41, 5.74) is 2.19. The van der Waals surface area contributed by atoms with E-state index in [1.807, 2.05) is 22.9 Å². The molecule has 1 fully saturated rings. The van der Waals surface area contributed by atoms with Gasteiger partial charge in [0.05, 0.1) is 12.8 Å². The number of aromatic nitrogens is 2. The topological polar surface area (TPSA) is 55.6 Å². The van der Waals surface area contributed by atoms with Gasteiger partial charge in [-0.1, -0.05) is 0 Å². The summed E-state index contributed by atoms with van der Waals surface area (Å²) in [4.78, 5) is 16.3. The lowest BCUT2D eigenvalue weighted by Gasteiger charge is -2.06. The first-order valence-electron chi connectivity index (χ1n) is 6.56. The molecule has 0 spiro atoms. The zero-order valence-corrected chi connectivity index (χ0v) is 10.9. The number of ether oxygens (including phenoxy) is 1. The summed E-state index contributed by atoms with van der Waals surface area (Å²) >= 11 is 0. The van der Waals surface area contributed by atoms with Crippen LogP contribution in [0.15, 0.2) is 24.5 Å². The van der Waals surface area contributed by atoms with Gasteiger partial charge in [-0.2, -0.15) is 0 Å². The van der Waals surface area contributed by atoms with E-state index in [4.69, 9.17) is 4.74 Å². The molecule has 1 atom stereocenters. The molecule has 5 heteroatoms. The summed E-state index contributed by atoms with van der Waals surface area (Å²) in [6.07, 6.45) is 7.22. The van der Waals surface area contributed by atoms with Crippen LogP contribution in [0, 0.1) is 0 Å². The predicted molar refractivity (Wildman–Crippen MR) is 71.3 cm³/mol. The second kappa shape index (κ2) is 5.01. The number of imidazole rings is 1. The van der Waals surface area contributed by atoms with Crippen LogP contribution < -0.4 is 5.32 Å². The summed E-state index contributed by atoms with van der Waals surface area (Å²) in [5, 5.41) is 3.46. The molecule has 3 heterocycles. The maximum absolute atomic E-state index is 11.7. The van der Waals surface area contributed by atoms with Crippen LogP contribution in [-0.4, -0.2) is 35.1 Å². The van der Waals surface area contributed by atoms with Crippen LogP contribution in [0.4, 0.5) is 0 Å². The maximum atomic E-state index is 11.7. The number of nitrogens with one attached hydrogen (secondary N) is 1. The molecule has 0 saturated carbocycles. The summed E-state index contributed by atoms with van der Waals surface area (Å²) < 4.78 is 6.67. The Morgan fingerprint density at radius 3 is 3.26 bits per heavy atom. The number of esters is 1. The Bertz CT molecular complexity index is 600. The third kappa shape index (κ3) is 2.33. The Labute approximate surface area is 111 Å². The van der Waals surface area contributed by atoms with E-state index in [2.05, 4.69) is 10.3 Å². The van der Waals surface area contributed by atoms with E-state index in [0.29, 0.717) is 17.3 Å². The van der Waals surface area contributed by atoms with Crippen molar-refractivity contribution < 1.29 is 9.53 Å². The number of carbonyl (C=O) groups excluding carboxylic acids is 1. The normalized spacial score (nSPS) is 18.9. The molecule has 0 radical (unpaired) electrons. The number of hydrogen-bond donors (Lipinski definition) is 1. The van der Waals surface area contributed by atoms with Crippen molar-refractivity contribution >= 4 is 11.6 Å². The quantitative estimate of drug-likeness (QED) is 0.847. The van der Waals surface area contributed by atoms with Crippen molar-refractivity contribution in [2.24, 2.45) is 0 Å². The summed E-state index contributed by atoms with van der Waals surface area (Å²) in [6.45, 7) is 1.09. The highest BCUT2D eigenvalue weighted by Crippen LogP contribution is 2.15. The Morgan fingerprint density at radius 1 is 1.63 bits per heavy atom. The number of pyridine rings is 1. The van der Waals surface area contributed by atoms with Crippen molar-refractivity contribution in [2.45, 2.75) is 25.3 Å². The smallest absolute Gasteiger partial charge is 0.341 e. The fourth-order valence-corrected chi connectivity index (χ4v) is 2.61. The molecule has 1 aliphatic rings. The Kier molecular flexibility index (Phi) is 3.21. The van der Waals surface area contributed by atoms with Crippen LogP contribution in [-0.2, 0) is 11.2 Å². The van der Waals surface area contributed by atoms with Gasteiger partial charge in [0.15, 0.2) is 5.65 Å². The van der Waals surface area contributed by atoms with Crippen LogP contribution in [0.25, 0.3) is 5.65 Å². The number of methoxy groups -OCH3 is 1. The van der Waals surface area contributed by atoms with E-state index in [1.54, 1.807) is 6.07 Å². The molecule has 1 N–H and O–H groups in total. The monoisotopic (exact) mass is 259 g/mol. The van der Waals surface area contributed by atoms with Gasteiger partial charge >= 0.3 is 5.97 Å². The van der Waals surface area contributed by atoms with Gasteiger partial charge < -0.3 is 14.5 Å². The van der Waals surface area contributed by atoms with Crippen LogP contribution in [0.1, 0.15) is 28.9 Å². The lowest BCUT2D eigenvalue weighted by atomic mass is 10.1. The molecule has 1 aliphatic heterocycles. The van der Waals surface area contributed by atoms with Gasteiger partial charge in [-0.05, 0) is 31.5 Å². The van der Waals surface area contributed by atoms with E-state index in [1.165, 1.54) is 20.0 Å². The number of hydrogen-bond acceptors (Lipinski definition) is 4. The zero-order valence-electron chi connectivity index (χ0n) is 10.9. The maximum Gasteiger partial charge on any atom is 0.341 e. The number of rotatable bonds is 3. The Hall–Kier alpha value is -1.88. The highest BCUT2D eigenvalue weighted by atomic mass is 16.5. The van der Waals surface area contributed by atoms with E-state index in [-0.39, 0.29) is 5.97 Å². The van der Waals surface area contributed by atoms with Gasteiger partial charge in [0.25, 0.3) is 0 Å². The van der Waals surface area contributed by atoms with Gasteiger partial charge in [0.1, 0.15) is 5.56 Å². The summed E-state index contributed by atoms with van der Waals surface area (Å²) in [7, 11) is 1.39. The van der Waals surface area contributed by atoms with Crippen LogP contribution in [0.5, 0.6) is 0 Å². The molecular weight excluding hydrogens is 242 g/mol. The fraction of sp³-hybridized carbons (Fsp3) is 0.429. The van der Waals surface area contributed by atoms with Crippen molar-refractivity contribution in [2.75, 3.05) is 13.7 Å². The van der Waals surface area contributed by atoms with E-state index in [0.717, 1.165) is 18.7 Å². The molecule has 0 amide bonds. The molecule has 0 aliphatic carbocycles. The second-order valence-electron chi connectivity index (χ2n) is 4.87. The SMILES string of the molecule is COC(=O)c1cccn2cc(CC3CCCN3)nc12. The molecule has 100 valence electrons. The highest BCUT2D eigenvalue weighted by molar-refractivity contribution is 5.95. The standard InChI is InChI=1S/C14H17N3O2/c1-19-14(18)12-5-3-7-17-9-11(16-13(12)17)8-10-4-2-6-15-10/h3,5,7,9-10,15H,2,4,6,8H2,1H3. The molecule has 0 aromatic carbocycles. The van der Waals surface area contributed by atoms with Crippen LogP contribution >= 0.6 is 0 Å². The first-order chi connectivity index (χ1) is 9.28. The van der Waals surface area contributed by atoms with Crippen molar-refractivity contribution in [3.63, 3.8) is 0 Å². The molecule has 1 saturated heterocycles. The molecular formula is C14H17N3O2. The Morgan fingerprint density at radius 2 is 2.53 bits per heavy atom. The predicted octanol–water partition coefficient (Wildman–Crippen LogP) is 1.42. The van der Waals surface area contributed by atoms with E-state index >= 15 is 0 Å². The third-order valence-corrected chi connectivity index (χ3v) is 3.56. The van der Waals surface area contributed by atoms with Crippen molar-refractivity contribution in [1.29, 1.82) is 0 Å². The van der Waals surface area contributed by atoms with Gasteiger partial charge in [0, 0.05) is 24.9 Å². The summed E-state index contributed by atoms with van der Waals surface area (Å²) in [5.74, 6) is -0.346. The lowest BCUT2D eigenvalue weighted by molar-refractivity contribution is 0.0602. The van der Waals surface area contributed by atoms with Crippen molar-refractivity contribution in [1.82, 2.24) is 14.7 Å². The average Bonchev–Trinajstić information content (AvgIpc) is 3.06. The fourth-order valence-electron chi connectivity index (χ4n) is 2.61. The van der Waals surface area contributed by atoms with Gasteiger partial charge in [-0.25, -0.2) is 9.78 Å². The van der Waals surface area contributed by atoms with Crippen molar-refractivity contribution in [3.05, 3.63) is 35.8 Å². The largest absolute Gasteiger partial charge is 0.465 e. The first kappa shape index (κ1) is 12.2. The number of carbonyl (C=O) groups is 1. The molecule has 5 nitrogen and oxygen atoms in total. The average molecular weight is 259 g/mol.